The molecule has 1 aromatic rings. The first-order valence-electron chi connectivity index (χ1n) is 8.01. The summed E-state index contributed by atoms with van der Waals surface area (Å²) < 4.78 is 13.6. The Morgan fingerprint density at radius 1 is 1.15 bits per heavy atom. The number of hydrogen-bond donors (Lipinski definition) is 1. The van der Waals surface area contributed by atoms with Gasteiger partial charge in [-0.1, -0.05) is 52.7 Å². The lowest BCUT2D eigenvalue weighted by Gasteiger charge is -2.35. The zero-order valence-electron chi connectivity index (χ0n) is 13.5. The molecule has 2 heteroatoms. The summed E-state index contributed by atoms with van der Waals surface area (Å²) in [5.41, 5.74) is 1.22. The molecule has 0 spiro atoms. The molecule has 1 N–H and O–H groups in total. The Kier molecular flexibility index (Phi) is 7.22. The molecule has 0 aliphatic carbocycles. The van der Waals surface area contributed by atoms with Crippen molar-refractivity contribution in [3.63, 3.8) is 0 Å². The van der Waals surface area contributed by atoms with Crippen LogP contribution in [0.2, 0.25) is 0 Å². The molecule has 0 saturated heterocycles. The van der Waals surface area contributed by atoms with Crippen LogP contribution >= 0.6 is 0 Å². The summed E-state index contributed by atoms with van der Waals surface area (Å²) in [5, 5.41) is 3.59. The van der Waals surface area contributed by atoms with Crippen LogP contribution in [0.25, 0.3) is 0 Å². The van der Waals surface area contributed by atoms with Crippen molar-refractivity contribution in [2.75, 3.05) is 13.1 Å². The molecule has 0 saturated carbocycles. The lowest BCUT2D eigenvalue weighted by atomic mass is 9.73. The van der Waals surface area contributed by atoms with Crippen molar-refractivity contribution in [2.45, 2.75) is 58.8 Å². The SMILES string of the molecule is CCCC(CCC)(CNCC(C)C)c1cccc(F)c1. The van der Waals surface area contributed by atoms with Gasteiger partial charge < -0.3 is 5.32 Å². The van der Waals surface area contributed by atoms with Gasteiger partial charge >= 0.3 is 0 Å². The van der Waals surface area contributed by atoms with Crippen molar-refractivity contribution in [2.24, 2.45) is 5.92 Å². The molecule has 0 fully saturated rings. The van der Waals surface area contributed by atoms with Gasteiger partial charge in [0.15, 0.2) is 0 Å². The number of hydrogen-bond acceptors (Lipinski definition) is 1. The van der Waals surface area contributed by atoms with Crippen LogP contribution in [-0.2, 0) is 5.41 Å². The second kappa shape index (κ2) is 8.41. The molecule has 0 radical (unpaired) electrons. The van der Waals surface area contributed by atoms with Crippen molar-refractivity contribution in [1.82, 2.24) is 5.32 Å². The molecular formula is C18H30FN. The largest absolute Gasteiger partial charge is 0.316 e. The third-order valence-electron chi connectivity index (χ3n) is 3.91. The molecule has 20 heavy (non-hydrogen) atoms. The van der Waals surface area contributed by atoms with Crippen LogP contribution in [-0.4, -0.2) is 13.1 Å². The summed E-state index contributed by atoms with van der Waals surface area (Å²) in [7, 11) is 0. The smallest absolute Gasteiger partial charge is 0.123 e. The van der Waals surface area contributed by atoms with Crippen LogP contribution in [0.3, 0.4) is 0 Å². The highest BCUT2D eigenvalue weighted by Crippen LogP contribution is 2.34. The van der Waals surface area contributed by atoms with E-state index in [0.717, 1.165) is 44.3 Å². The number of benzene rings is 1. The maximum absolute atomic E-state index is 13.6. The highest BCUT2D eigenvalue weighted by atomic mass is 19.1. The van der Waals surface area contributed by atoms with Crippen LogP contribution in [0.15, 0.2) is 24.3 Å². The van der Waals surface area contributed by atoms with Gasteiger partial charge in [0.05, 0.1) is 0 Å². The van der Waals surface area contributed by atoms with Gasteiger partial charge in [-0.05, 0) is 43.0 Å². The normalized spacial score (nSPS) is 12.1. The number of halogens is 1. The zero-order chi connectivity index (χ0) is 15.0. The Labute approximate surface area is 124 Å². The van der Waals surface area contributed by atoms with Gasteiger partial charge in [-0.25, -0.2) is 4.39 Å². The first-order chi connectivity index (χ1) is 9.54. The van der Waals surface area contributed by atoms with Crippen LogP contribution < -0.4 is 5.32 Å². The fraction of sp³-hybridized carbons (Fsp3) is 0.667. The van der Waals surface area contributed by atoms with E-state index in [9.17, 15) is 4.39 Å². The molecular weight excluding hydrogens is 249 g/mol. The maximum atomic E-state index is 13.6. The first kappa shape index (κ1) is 17.2. The highest BCUT2D eigenvalue weighted by Gasteiger charge is 2.30. The summed E-state index contributed by atoms with van der Waals surface area (Å²) in [6.07, 6.45) is 4.46. The summed E-state index contributed by atoms with van der Waals surface area (Å²) in [4.78, 5) is 0. The van der Waals surface area contributed by atoms with Crippen molar-refractivity contribution < 1.29 is 4.39 Å². The highest BCUT2D eigenvalue weighted by molar-refractivity contribution is 5.27. The zero-order valence-corrected chi connectivity index (χ0v) is 13.5. The predicted octanol–water partition coefficient (Wildman–Crippen LogP) is 4.91. The predicted molar refractivity (Wildman–Crippen MR) is 85.6 cm³/mol. The average molecular weight is 279 g/mol. The Bertz CT molecular complexity index is 381. The monoisotopic (exact) mass is 279 g/mol. The Morgan fingerprint density at radius 3 is 2.30 bits per heavy atom. The summed E-state index contributed by atoms with van der Waals surface area (Å²) in [6, 6.07) is 7.19. The van der Waals surface area contributed by atoms with E-state index in [1.165, 1.54) is 6.07 Å². The minimum Gasteiger partial charge on any atom is -0.316 e. The molecule has 0 unspecified atom stereocenters. The van der Waals surface area contributed by atoms with E-state index in [2.05, 4.69) is 39.1 Å². The molecule has 0 aromatic heterocycles. The van der Waals surface area contributed by atoms with Gasteiger partial charge in [0.1, 0.15) is 5.82 Å². The van der Waals surface area contributed by atoms with Gasteiger partial charge in [0.2, 0.25) is 0 Å². The van der Waals surface area contributed by atoms with Gasteiger partial charge in [-0.2, -0.15) is 0 Å². The lowest BCUT2D eigenvalue weighted by molar-refractivity contribution is 0.327. The molecule has 1 rings (SSSR count). The second-order valence-corrected chi connectivity index (χ2v) is 6.32. The van der Waals surface area contributed by atoms with E-state index in [1.807, 2.05) is 6.07 Å². The molecule has 0 heterocycles. The van der Waals surface area contributed by atoms with Gasteiger partial charge in [-0.15, -0.1) is 0 Å². The molecule has 114 valence electrons. The van der Waals surface area contributed by atoms with Gasteiger partial charge in [0.25, 0.3) is 0 Å². The minimum absolute atomic E-state index is 0.0699. The average Bonchev–Trinajstić information content (AvgIpc) is 2.38. The van der Waals surface area contributed by atoms with Crippen molar-refractivity contribution in [1.29, 1.82) is 0 Å². The van der Waals surface area contributed by atoms with Crippen LogP contribution in [0.5, 0.6) is 0 Å². The van der Waals surface area contributed by atoms with Crippen molar-refractivity contribution in [3.05, 3.63) is 35.6 Å². The molecule has 0 atom stereocenters. The van der Waals surface area contributed by atoms with E-state index in [0.29, 0.717) is 5.92 Å². The quantitative estimate of drug-likeness (QED) is 0.677. The molecule has 1 aromatic carbocycles. The van der Waals surface area contributed by atoms with Crippen LogP contribution in [0.1, 0.15) is 58.9 Å². The Hall–Kier alpha value is -0.890. The summed E-state index contributed by atoms with van der Waals surface area (Å²) in [6.45, 7) is 10.8. The Balaban J connectivity index is 2.96. The summed E-state index contributed by atoms with van der Waals surface area (Å²) in [5.74, 6) is 0.520. The van der Waals surface area contributed by atoms with E-state index in [1.54, 1.807) is 6.07 Å². The minimum atomic E-state index is -0.122. The number of nitrogens with one attached hydrogen (secondary N) is 1. The first-order valence-corrected chi connectivity index (χ1v) is 8.01. The van der Waals surface area contributed by atoms with E-state index < -0.39 is 0 Å². The molecule has 1 nitrogen and oxygen atoms in total. The fourth-order valence-corrected chi connectivity index (χ4v) is 3.07. The van der Waals surface area contributed by atoms with E-state index in [-0.39, 0.29) is 11.2 Å². The Morgan fingerprint density at radius 2 is 1.80 bits per heavy atom. The van der Waals surface area contributed by atoms with Crippen molar-refractivity contribution >= 4 is 0 Å². The van der Waals surface area contributed by atoms with Crippen molar-refractivity contribution in [3.8, 4) is 0 Å². The standard InChI is InChI=1S/C18H30FN/c1-5-10-18(11-6-2,14-20-13-15(3)4)16-8-7-9-17(19)12-16/h7-9,12,15,20H,5-6,10-11,13-14H2,1-4H3. The van der Waals surface area contributed by atoms with E-state index >= 15 is 0 Å². The van der Waals surface area contributed by atoms with Crippen LogP contribution in [0, 0.1) is 11.7 Å². The van der Waals surface area contributed by atoms with E-state index in [4.69, 9.17) is 0 Å². The molecule has 0 amide bonds. The lowest BCUT2D eigenvalue weighted by Crippen LogP contribution is -2.39. The topological polar surface area (TPSA) is 12.0 Å². The maximum Gasteiger partial charge on any atom is 0.123 e. The van der Waals surface area contributed by atoms with Crippen LogP contribution in [0.4, 0.5) is 4.39 Å². The van der Waals surface area contributed by atoms with Gasteiger partial charge in [0, 0.05) is 12.0 Å². The molecule has 0 aliphatic heterocycles. The summed E-state index contributed by atoms with van der Waals surface area (Å²) >= 11 is 0. The third kappa shape index (κ3) is 4.90. The third-order valence-corrected chi connectivity index (χ3v) is 3.91. The fourth-order valence-electron chi connectivity index (χ4n) is 3.07. The van der Waals surface area contributed by atoms with Gasteiger partial charge in [-0.3, -0.25) is 0 Å². The molecule has 0 aliphatic rings. The second-order valence-electron chi connectivity index (χ2n) is 6.32. The molecule has 0 bridgehead atoms. The number of rotatable bonds is 9.